The summed E-state index contributed by atoms with van der Waals surface area (Å²) in [6.07, 6.45) is 3.23. The minimum Gasteiger partial charge on any atom is -0.469 e. The number of nitrogens with zero attached hydrogens (tertiary/aromatic N) is 2. The largest absolute Gasteiger partial charge is 0.469 e. The lowest BCUT2D eigenvalue weighted by Gasteiger charge is -2.18. The van der Waals surface area contributed by atoms with Crippen molar-refractivity contribution in [3.8, 4) is 0 Å². The molecule has 0 bridgehead atoms. The molecule has 3 rings (SSSR count). The standard InChI is InChI=1S/C23H27N5O4/c1-31-22(30)12-18(10-9-17-4-2-3-11-26-17)27-21(29)14-19-13-20(28-32-19)15-5-7-16(8-6-15)23(24)25/h2-8,11,18-19H,9-10,12-14H2,1H3,(H3,24,25)(H,27,29)/t18-,19?/m1/s1. The predicted molar refractivity (Wildman–Crippen MR) is 119 cm³/mol. The molecule has 0 aliphatic carbocycles. The summed E-state index contributed by atoms with van der Waals surface area (Å²) < 4.78 is 4.76. The molecule has 9 heteroatoms. The van der Waals surface area contributed by atoms with Crippen molar-refractivity contribution in [1.29, 1.82) is 5.41 Å². The lowest BCUT2D eigenvalue weighted by Crippen LogP contribution is -2.38. The summed E-state index contributed by atoms with van der Waals surface area (Å²) in [5.74, 6) is -0.596. The fourth-order valence-corrected chi connectivity index (χ4v) is 3.42. The van der Waals surface area contributed by atoms with Crippen molar-refractivity contribution in [1.82, 2.24) is 10.3 Å². The van der Waals surface area contributed by atoms with Gasteiger partial charge in [0.25, 0.3) is 0 Å². The molecule has 2 heterocycles. The number of nitrogens with two attached hydrogens (primary N) is 1. The van der Waals surface area contributed by atoms with Gasteiger partial charge in [-0.25, -0.2) is 0 Å². The number of rotatable bonds is 10. The molecule has 0 radical (unpaired) electrons. The SMILES string of the molecule is COC(=O)C[C@@H](CCc1ccccn1)NC(=O)CC1CC(c2ccc(C(=N)N)cc2)=NO1. The third kappa shape index (κ3) is 6.63. The zero-order valence-corrected chi connectivity index (χ0v) is 17.9. The zero-order chi connectivity index (χ0) is 22.9. The van der Waals surface area contributed by atoms with E-state index in [0.29, 0.717) is 24.8 Å². The minimum atomic E-state index is -0.382. The van der Waals surface area contributed by atoms with E-state index >= 15 is 0 Å². The van der Waals surface area contributed by atoms with E-state index in [0.717, 1.165) is 17.0 Å². The Balaban J connectivity index is 1.51. The van der Waals surface area contributed by atoms with E-state index < -0.39 is 0 Å². The molecule has 1 unspecified atom stereocenters. The van der Waals surface area contributed by atoms with Crippen LogP contribution in [0.2, 0.25) is 0 Å². The first-order valence-corrected chi connectivity index (χ1v) is 10.4. The number of hydrogen-bond acceptors (Lipinski definition) is 7. The molecular formula is C23H27N5O4. The number of carbonyl (C=O) groups excluding carboxylic acids is 2. The molecule has 2 atom stereocenters. The van der Waals surface area contributed by atoms with E-state index in [1.165, 1.54) is 7.11 Å². The summed E-state index contributed by atoms with van der Waals surface area (Å²) in [5.41, 5.74) is 8.60. The van der Waals surface area contributed by atoms with Crippen LogP contribution in [0.4, 0.5) is 0 Å². The number of benzene rings is 1. The van der Waals surface area contributed by atoms with Gasteiger partial charge in [-0.2, -0.15) is 0 Å². The second-order valence-electron chi connectivity index (χ2n) is 7.57. The van der Waals surface area contributed by atoms with E-state index in [1.807, 2.05) is 30.3 Å². The normalized spacial score (nSPS) is 15.9. The summed E-state index contributed by atoms with van der Waals surface area (Å²) in [4.78, 5) is 34.1. The van der Waals surface area contributed by atoms with Gasteiger partial charge in [0.2, 0.25) is 5.91 Å². The van der Waals surface area contributed by atoms with E-state index in [2.05, 4.69) is 15.5 Å². The molecule has 0 saturated carbocycles. The number of nitrogens with one attached hydrogen (secondary N) is 2. The number of pyridine rings is 1. The summed E-state index contributed by atoms with van der Waals surface area (Å²) >= 11 is 0. The zero-order valence-electron chi connectivity index (χ0n) is 17.9. The Morgan fingerprint density at radius 3 is 2.72 bits per heavy atom. The third-order valence-electron chi connectivity index (χ3n) is 5.16. The van der Waals surface area contributed by atoms with Gasteiger partial charge in [-0.3, -0.25) is 20.0 Å². The Kier molecular flexibility index (Phi) is 7.91. The van der Waals surface area contributed by atoms with Crippen LogP contribution in [0.1, 0.15) is 42.5 Å². The molecule has 0 saturated heterocycles. The number of amides is 1. The van der Waals surface area contributed by atoms with Crippen LogP contribution >= 0.6 is 0 Å². The number of aryl methyl sites for hydroxylation is 1. The van der Waals surface area contributed by atoms with E-state index in [1.54, 1.807) is 18.3 Å². The molecule has 1 aromatic carbocycles. The van der Waals surface area contributed by atoms with Gasteiger partial charge in [-0.1, -0.05) is 35.5 Å². The number of nitrogen functional groups attached to an aromatic ring is 1. The van der Waals surface area contributed by atoms with Crippen molar-refractivity contribution in [3.05, 3.63) is 65.5 Å². The second-order valence-corrected chi connectivity index (χ2v) is 7.57. The van der Waals surface area contributed by atoms with Gasteiger partial charge in [-0.15, -0.1) is 0 Å². The highest BCUT2D eigenvalue weighted by Gasteiger charge is 2.26. The Bertz CT molecular complexity index is 976. The molecule has 1 aromatic heterocycles. The van der Waals surface area contributed by atoms with Crippen LogP contribution in [0.25, 0.3) is 0 Å². The monoisotopic (exact) mass is 437 g/mol. The molecule has 4 N–H and O–H groups in total. The quantitative estimate of drug-likeness (QED) is 0.295. The van der Waals surface area contributed by atoms with Gasteiger partial charge in [0.15, 0.2) is 0 Å². The first-order valence-electron chi connectivity index (χ1n) is 10.4. The van der Waals surface area contributed by atoms with Crippen LogP contribution in [0.15, 0.2) is 53.8 Å². The Hall–Kier alpha value is -3.75. The van der Waals surface area contributed by atoms with Crippen LogP contribution in [0, 0.1) is 5.41 Å². The predicted octanol–water partition coefficient (Wildman–Crippen LogP) is 1.93. The maximum absolute atomic E-state index is 12.6. The fraction of sp³-hybridized carbons (Fsp3) is 0.348. The summed E-state index contributed by atoms with van der Waals surface area (Å²) in [7, 11) is 1.33. The van der Waals surface area contributed by atoms with E-state index in [4.69, 9.17) is 20.7 Å². The molecule has 0 spiro atoms. The lowest BCUT2D eigenvalue weighted by atomic mass is 10.0. The van der Waals surface area contributed by atoms with Gasteiger partial charge in [0, 0.05) is 29.9 Å². The average molecular weight is 438 g/mol. The summed E-state index contributed by atoms with van der Waals surface area (Å²) in [6.45, 7) is 0. The van der Waals surface area contributed by atoms with E-state index in [9.17, 15) is 9.59 Å². The number of ether oxygens (including phenoxy) is 1. The number of oxime groups is 1. The van der Waals surface area contributed by atoms with Crippen LogP contribution in [0.3, 0.4) is 0 Å². The molecule has 1 aliphatic heterocycles. The molecule has 2 aromatic rings. The fourth-order valence-electron chi connectivity index (χ4n) is 3.42. The summed E-state index contributed by atoms with van der Waals surface area (Å²) in [5, 5.41) is 14.5. The Labute approximate surface area is 186 Å². The first kappa shape index (κ1) is 22.9. The number of esters is 1. The third-order valence-corrected chi connectivity index (χ3v) is 5.16. The molecule has 168 valence electrons. The highest BCUT2D eigenvalue weighted by atomic mass is 16.6. The van der Waals surface area contributed by atoms with Crippen molar-refractivity contribution in [2.24, 2.45) is 10.9 Å². The number of hydrogen-bond donors (Lipinski definition) is 3. The topological polar surface area (TPSA) is 140 Å². The maximum Gasteiger partial charge on any atom is 0.307 e. The molecule has 1 aliphatic rings. The minimum absolute atomic E-state index is 0.000243. The highest BCUT2D eigenvalue weighted by Crippen LogP contribution is 2.20. The van der Waals surface area contributed by atoms with Gasteiger partial charge in [0.1, 0.15) is 11.9 Å². The van der Waals surface area contributed by atoms with Gasteiger partial charge in [-0.05, 0) is 30.5 Å². The highest BCUT2D eigenvalue weighted by molar-refractivity contribution is 6.02. The van der Waals surface area contributed by atoms with Crippen molar-refractivity contribution in [3.63, 3.8) is 0 Å². The van der Waals surface area contributed by atoms with Crippen molar-refractivity contribution < 1.29 is 19.2 Å². The molecule has 9 nitrogen and oxygen atoms in total. The molecule has 1 amide bonds. The smallest absolute Gasteiger partial charge is 0.307 e. The number of aromatic nitrogens is 1. The van der Waals surface area contributed by atoms with Gasteiger partial charge in [0.05, 0.1) is 25.7 Å². The van der Waals surface area contributed by atoms with Crippen LogP contribution in [-0.4, -0.2) is 47.7 Å². The first-order chi connectivity index (χ1) is 15.4. The molecule has 32 heavy (non-hydrogen) atoms. The van der Waals surface area contributed by atoms with Crippen molar-refractivity contribution >= 4 is 23.4 Å². The van der Waals surface area contributed by atoms with Crippen LogP contribution < -0.4 is 11.1 Å². The van der Waals surface area contributed by atoms with Crippen molar-refractivity contribution in [2.75, 3.05) is 7.11 Å². The van der Waals surface area contributed by atoms with Crippen LogP contribution in [-0.2, 0) is 25.6 Å². The number of amidine groups is 1. The summed E-state index contributed by atoms with van der Waals surface area (Å²) in [6, 6.07) is 12.4. The van der Waals surface area contributed by atoms with Gasteiger partial charge >= 0.3 is 5.97 Å². The average Bonchev–Trinajstić information content (AvgIpc) is 3.26. The molecular weight excluding hydrogens is 410 g/mol. The maximum atomic E-state index is 12.6. The van der Waals surface area contributed by atoms with E-state index in [-0.39, 0.29) is 42.7 Å². The number of carbonyl (C=O) groups is 2. The Morgan fingerprint density at radius 1 is 1.28 bits per heavy atom. The Morgan fingerprint density at radius 2 is 2.06 bits per heavy atom. The van der Waals surface area contributed by atoms with Crippen LogP contribution in [0.5, 0.6) is 0 Å². The van der Waals surface area contributed by atoms with Crippen molar-refractivity contribution in [2.45, 2.75) is 44.2 Å². The molecule has 0 fully saturated rings. The number of methoxy groups -OCH3 is 1. The second kappa shape index (κ2) is 11.0. The van der Waals surface area contributed by atoms with Gasteiger partial charge < -0.3 is 20.6 Å². The lowest BCUT2D eigenvalue weighted by molar-refractivity contribution is -0.141.